The maximum absolute atomic E-state index is 10.9. The van der Waals surface area contributed by atoms with Gasteiger partial charge in [0.1, 0.15) is 5.82 Å². The Bertz CT molecular complexity index is 313. The van der Waals surface area contributed by atoms with Crippen molar-refractivity contribution in [3.8, 4) is 0 Å². The number of ether oxygens (including phenoxy) is 1. The molecule has 0 aliphatic heterocycles. The molecule has 0 amide bonds. The van der Waals surface area contributed by atoms with Gasteiger partial charge in [0.05, 0.1) is 13.5 Å². The first-order chi connectivity index (χ1) is 6.76. The van der Waals surface area contributed by atoms with Gasteiger partial charge in [-0.3, -0.25) is 4.79 Å². The molecular weight excluding hydrogens is 180 g/mol. The molecule has 0 aliphatic carbocycles. The number of hydrogen-bond acceptors (Lipinski definition) is 4. The molecule has 1 aromatic rings. The van der Waals surface area contributed by atoms with E-state index in [4.69, 9.17) is 0 Å². The predicted molar refractivity (Wildman–Crippen MR) is 54.1 cm³/mol. The van der Waals surface area contributed by atoms with Crippen LogP contribution in [-0.2, 0) is 16.0 Å². The van der Waals surface area contributed by atoms with E-state index in [1.807, 2.05) is 25.2 Å². The van der Waals surface area contributed by atoms with Gasteiger partial charge in [0.15, 0.2) is 0 Å². The number of carbonyl (C=O) groups excluding carboxylic acids is 1. The summed E-state index contributed by atoms with van der Waals surface area (Å²) in [5.41, 5.74) is 0.891. The fourth-order valence-electron chi connectivity index (χ4n) is 1.09. The van der Waals surface area contributed by atoms with E-state index in [0.29, 0.717) is 12.8 Å². The smallest absolute Gasteiger partial charge is 0.305 e. The van der Waals surface area contributed by atoms with Crippen LogP contribution >= 0.6 is 0 Å². The quantitative estimate of drug-likeness (QED) is 0.732. The van der Waals surface area contributed by atoms with Crippen molar-refractivity contribution in [1.82, 2.24) is 4.98 Å². The van der Waals surface area contributed by atoms with Crippen molar-refractivity contribution in [2.45, 2.75) is 12.8 Å². The first-order valence-electron chi connectivity index (χ1n) is 4.46. The predicted octanol–water partition coefficient (Wildman–Crippen LogP) is 1.23. The van der Waals surface area contributed by atoms with Crippen molar-refractivity contribution in [2.24, 2.45) is 0 Å². The topological polar surface area (TPSA) is 51.2 Å². The second kappa shape index (κ2) is 5.21. The fourth-order valence-corrected chi connectivity index (χ4v) is 1.09. The number of rotatable bonds is 4. The third kappa shape index (κ3) is 3.05. The van der Waals surface area contributed by atoms with Crippen LogP contribution in [0.3, 0.4) is 0 Å². The lowest BCUT2D eigenvalue weighted by Crippen LogP contribution is -2.03. The maximum Gasteiger partial charge on any atom is 0.305 e. The molecule has 0 unspecified atom stereocenters. The minimum absolute atomic E-state index is 0.207. The molecule has 0 spiro atoms. The molecule has 14 heavy (non-hydrogen) atoms. The van der Waals surface area contributed by atoms with Gasteiger partial charge in [-0.05, 0) is 12.1 Å². The lowest BCUT2D eigenvalue weighted by atomic mass is 10.2. The van der Waals surface area contributed by atoms with Crippen LogP contribution in [0.2, 0.25) is 0 Å². The number of hydrogen-bond donors (Lipinski definition) is 1. The van der Waals surface area contributed by atoms with Crippen LogP contribution < -0.4 is 5.32 Å². The summed E-state index contributed by atoms with van der Waals surface area (Å²) in [7, 11) is 3.20. The third-order valence-electron chi connectivity index (χ3n) is 1.88. The second-order valence-electron chi connectivity index (χ2n) is 2.84. The summed E-state index contributed by atoms with van der Waals surface area (Å²) in [6, 6.07) is 5.68. The average molecular weight is 194 g/mol. The lowest BCUT2D eigenvalue weighted by Gasteiger charge is -2.02. The van der Waals surface area contributed by atoms with E-state index >= 15 is 0 Å². The van der Waals surface area contributed by atoms with E-state index in [-0.39, 0.29) is 5.97 Å². The molecule has 1 aromatic heterocycles. The summed E-state index contributed by atoms with van der Waals surface area (Å²) in [5.74, 6) is 0.606. The molecule has 0 saturated carbocycles. The lowest BCUT2D eigenvalue weighted by molar-refractivity contribution is -0.140. The van der Waals surface area contributed by atoms with E-state index < -0.39 is 0 Å². The monoisotopic (exact) mass is 194 g/mol. The average Bonchev–Trinajstić information content (AvgIpc) is 2.26. The second-order valence-corrected chi connectivity index (χ2v) is 2.84. The summed E-state index contributed by atoms with van der Waals surface area (Å²) < 4.78 is 4.55. The number of nitrogens with zero attached hydrogens (tertiary/aromatic N) is 1. The van der Waals surface area contributed by atoms with Crippen LogP contribution in [0.4, 0.5) is 5.82 Å². The Kier molecular flexibility index (Phi) is 3.91. The van der Waals surface area contributed by atoms with Crippen LogP contribution in [0.25, 0.3) is 0 Å². The largest absolute Gasteiger partial charge is 0.469 e. The highest BCUT2D eigenvalue weighted by atomic mass is 16.5. The highest BCUT2D eigenvalue weighted by Crippen LogP contribution is 2.06. The van der Waals surface area contributed by atoms with Gasteiger partial charge in [0, 0.05) is 19.2 Å². The van der Waals surface area contributed by atoms with Crippen LogP contribution in [0.15, 0.2) is 18.2 Å². The van der Waals surface area contributed by atoms with E-state index in [9.17, 15) is 4.79 Å². The first-order valence-corrected chi connectivity index (χ1v) is 4.46. The zero-order valence-corrected chi connectivity index (χ0v) is 8.41. The van der Waals surface area contributed by atoms with Crippen LogP contribution in [0.5, 0.6) is 0 Å². The number of aromatic nitrogens is 1. The summed E-state index contributed by atoms with van der Waals surface area (Å²) >= 11 is 0. The van der Waals surface area contributed by atoms with Crippen molar-refractivity contribution in [3.63, 3.8) is 0 Å². The number of esters is 1. The van der Waals surface area contributed by atoms with Crippen LogP contribution in [0.1, 0.15) is 12.1 Å². The standard InChI is InChI=1S/C10H14N2O2/c1-11-9-5-3-4-8(12-9)6-7-10(13)14-2/h3-5H,6-7H2,1-2H3,(H,11,12). The molecule has 1 N–H and O–H groups in total. The van der Waals surface area contributed by atoms with Gasteiger partial charge in [-0.2, -0.15) is 0 Å². The molecule has 0 saturated heterocycles. The van der Waals surface area contributed by atoms with Gasteiger partial charge < -0.3 is 10.1 Å². The minimum Gasteiger partial charge on any atom is -0.469 e. The number of pyridine rings is 1. The molecule has 4 heteroatoms. The van der Waals surface area contributed by atoms with Gasteiger partial charge in [0.2, 0.25) is 0 Å². The summed E-state index contributed by atoms with van der Waals surface area (Å²) in [6.07, 6.45) is 0.985. The van der Waals surface area contributed by atoms with Crippen molar-refractivity contribution in [3.05, 3.63) is 23.9 Å². The molecule has 76 valence electrons. The van der Waals surface area contributed by atoms with Crippen LogP contribution in [0, 0.1) is 0 Å². The molecule has 4 nitrogen and oxygen atoms in total. The van der Waals surface area contributed by atoms with E-state index in [1.54, 1.807) is 0 Å². The Morgan fingerprint density at radius 1 is 1.57 bits per heavy atom. The number of carbonyl (C=O) groups is 1. The third-order valence-corrected chi connectivity index (χ3v) is 1.88. The van der Waals surface area contributed by atoms with Gasteiger partial charge in [0.25, 0.3) is 0 Å². The van der Waals surface area contributed by atoms with Gasteiger partial charge >= 0.3 is 5.97 Å². The summed E-state index contributed by atoms with van der Waals surface area (Å²) in [5, 5.41) is 2.94. The molecule has 0 aromatic carbocycles. The fraction of sp³-hybridized carbons (Fsp3) is 0.400. The van der Waals surface area contributed by atoms with Crippen molar-refractivity contribution in [2.75, 3.05) is 19.5 Å². The Hall–Kier alpha value is -1.58. The normalized spacial score (nSPS) is 9.57. The molecule has 0 fully saturated rings. The number of nitrogens with one attached hydrogen (secondary N) is 1. The molecule has 0 bridgehead atoms. The Morgan fingerprint density at radius 3 is 3.00 bits per heavy atom. The Labute approximate surface area is 83.3 Å². The molecule has 0 radical (unpaired) electrons. The van der Waals surface area contributed by atoms with Crippen molar-refractivity contribution in [1.29, 1.82) is 0 Å². The van der Waals surface area contributed by atoms with Gasteiger partial charge in [-0.15, -0.1) is 0 Å². The van der Waals surface area contributed by atoms with E-state index in [1.165, 1.54) is 7.11 Å². The summed E-state index contributed by atoms with van der Waals surface area (Å²) in [6.45, 7) is 0. The maximum atomic E-state index is 10.9. The van der Waals surface area contributed by atoms with E-state index in [0.717, 1.165) is 11.5 Å². The molecule has 1 heterocycles. The number of methoxy groups -OCH3 is 1. The Balaban J connectivity index is 2.54. The molecular formula is C10H14N2O2. The van der Waals surface area contributed by atoms with Gasteiger partial charge in [-0.1, -0.05) is 6.07 Å². The zero-order chi connectivity index (χ0) is 10.4. The molecule has 0 atom stereocenters. The van der Waals surface area contributed by atoms with Gasteiger partial charge in [-0.25, -0.2) is 4.98 Å². The summed E-state index contributed by atoms with van der Waals surface area (Å²) in [4.78, 5) is 15.2. The molecule has 0 aliphatic rings. The highest BCUT2D eigenvalue weighted by Gasteiger charge is 2.02. The number of aryl methyl sites for hydroxylation is 1. The highest BCUT2D eigenvalue weighted by molar-refractivity contribution is 5.69. The van der Waals surface area contributed by atoms with Crippen molar-refractivity contribution < 1.29 is 9.53 Å². The van der Waals surface area contributed by atoms with Crippen LogP contribution in [-0.4, -0.2) is 25.1 Å². The zero-order valence-electron chi connectivity index (χ0n) is 8.41. The number of anilines is 1. The minimum atomic E-state index is -0.207. The van der Waals surface area contributed by atoms with Crippen molar-refractivity contribution >= 4 is 11.8 Å². The SMILES string of the molecule is CNc1cccc(CCC(=O)OC)n1. The molecule has 1 rings (SSSR count). The Morgan fingerprint density at radius 2 is 2.36 bits per heavy atom. The first kappa shape index (κ1) is 10.5. The van der Waals surface area contributed by atoms with E-state index in [2.05, 4.69) is 15.0 Å².